The Morgan fingerprint density at radius 2 is 2.19 bits per heavy atom. The molecular formula is C14H11N5OS. The van der Waals surface area contributed by atoms with Crippen LogP contribution in [0.1, 0.15) is 11.1 Å². The maximum Gasteiger partial charge on any atom is 0.241 e. The Balaban J connectivity index is 2.09. The smallest absolute Gasteiger partial charge is 0.241 e. The van der Waals surface area contributed by atoms with Gasteiger partial charge >= 0.3 is 0 Å². The Kier molecular flexibility index (Phi) is 3.39. The minimum atomic E-state index is 0.286. The van der Waals surface area contributed by atoms with Gasteiger partial charge in [0.15, 0.2) is 0 Å². The molecule has 0 spiro atoms. The van der Waals surface area contributed by atoms with Crippen LogP contribution in [0.5, 0.6) is 11.6 Å². The molecule has 0 amide bonds. The number of nitrogen functional groups attached to an aromatic ring is 1. The molecule has 0 aliphatic heterocycles. The average molecular weight is 297 g/mol. The summed E-state index contributed by atoms with van der Waals surface area (Å²) < 4.78 is 5.87. The standard InChI is InChI=1S/C14H11N5OS/c1-8-2-3-9(7-15)6-11(8)20-12-10-4-5-21-13(10)18-14(17-12)19-16/h2-6H,16H2,1H3,(H,17,18,19). The number of hydrogen-bond donors (Lipinski definition) is 2. The summed E-state index contributed by atoms with van der Waals surface area (Å²) in [5.41, 5.74) is 3.87. The third-order valence-electron chi connectivity index (χ3n) is 2.94. The number of thiophene rings is 1. The number of nitrogens with zero attached hydrogens (tertiary/aromatic N) is 3. The van der Waals surface area contributed by atoms with Crippen LogP contribution in [0.3, 0.4) is 0 Å². The highest BCUT2D eigenvalue weighted by molar-refractivity contribution is 7.16. The van der Waals surface area contributed by atoms with Crippen LogP contribution in [0.4, 0.5) is 5.95 Å². The lowest BCUT2D eigenvalue weighted by atomic mass is 10.1. The first-order valence-corrected chi connectivity index (χ1v) is 6.99. The van der Waals surface area contributed by atoms with Gasteiger partial charge in [-0.25, -0.2) is 10.8 Å². The highest BCUT2D eigenvalue weighted by Gasteiger charge is 2.12. The van der Waals surface area contributed by atoms with E-state index in [1.54, 1.807) is 12.1 Å². The second kappa shape index (κ2) is 5.36. The Labute approximate surface area is 124 Å². The van der Waals surface area contributed by atoms with Crippen molar-refractivity contribution in [3.8, 4) is 17.7 Å². The molecule has 0 radical (unpaired) electrons. The lowest BCUT2D eigenvalue weighted by molar-refractivity contribution is 0.465. The highest BCUT2D eigenvalue weighted by Crippen LogP contribution is 2.32. The zero-order chi connectivity index (χ0) is 14.8. The van der Waals surface area contributed by atoms with Crippen molar-refractivity contribution in [1.82, 2.24) is 9.97 Å². The molecule has 3 aromatic rings. The fourth-order valence-corrected chi connectivity index (χ4v) is 2.61. The normalized spacial score (nSPS) is 10.3. The molecule has 0 fully saturated rings. The summed E-state index contributed by atoms with van der Waals surface area (Å²) >= 11 is 1.47. The second-order valence-corrected chi connectivity index (χ2v) is 5.22. The Hall–Kier alpha value is -2.69. The number of nitriles is 1. The third kappa shape index (κ3) is 2.50. The van der Waals surface area contributed by atoms with Crippen molar-refractivity contribution < 1.29 is 4.74 Å². The summed E-state index contributed by atoms with van der Waals surface area (Å²) in [4.78, 5) is 9.27. The number of aromatic nitrogens is 2. The number of benzene rings is 1. The number of hydrogen-bond acceptors (Lipinski definition) is 7. The van der Waals surface area contributed by atoms with Crippen LogP contribution in [0.2, 0.25) is 0 Å². The Morgan fingerprint density at radius 1 is 1.33 bits per heavy atom. The number of fused-ring (bicyclic) bond motifs is 1. The van der Waals surface area contributed by atoms with Crippen molar-refractivity contribution in [3.05, 3.63) is 40.8 Å². The van der Waals surface area contributed by atoms with E-state index in [1.165, 1.54) is 11.3 Å². The predicted octanol–water partition coefficient (Wildman–Crippen LogP) is 2.95. The van der Waals surface area contributed by atoms with Gasteiger partial charge in [-0.15, -0.1) is 11.3 Å². The number of anilines is 1. The van der Waals surface area contributed by atoms with Crippen LogP contribution in [0, 0.1) is 18.3 Å². The molecule has 0 saturated carbocycles. The van der Waals surface area contributed by atoms with Crippen LogP contribution in [-0.4, -0.2) is 9.97 Å². The van der Waals surface area contributed by atoms with E-state index >= 15 is 0 Å². The van der Waals surface area contributed by atoms with E-state index in [0.29, 0.717) is 17.2 Å². The number of nitrogens with two attached hydrogens (primary N) is 1. The Morgan fingerprint density at radius 3 is 2.95 bits per heavy atom. The van der Waals surface area contributed by atoms with Gasteiger partial charge in [-0.1, -0.05) is 6.07 Å². The minimum absolute atomic E-state index is 0.286. The van der Waals surface area contributed by atoms with Crippen LogP contribution in [0.25, 0.3) is 10.2 Å². The summed E-state index contributed by atoms with van der Waals surface area (Å²) in [5.74, 6) is 6.66. The van der Waals surface area contributed by atoms with Crippen LogP contribution < -0.4 is 16.0 Å². The van der Waals surface area contributed by atoms with Gasteiger partial charge in [0.25, 0.3) is 0 Å². The predicted molar refractivity (Wildman–Crippen MR) is 81.2 cm³/mol. The molecule has 104 valence electrons. The summed E-state index contributed by atoms with van der Waals surface area (Å²) in [5, 5.41) is 11.7. The van der Waals surface area contributed by atoms with Gasteiger partial charge in [0.1, 0.15) is 10.6 Å². The monoisotopic (exact) mass is 297 g/mol. The Bertz CT molecular complexity index is 852. The zero-order valence-corrected chi connectivity index (χ0v) is 11.9. The molecule has 0 unspecified atom stereocenters. The van der Waals surface area contributed by atoms with Crippen LogP contribution in [-0.2, 0) is 0 Å². The molecule has 0 aliphatic rings. The fourth-order valence-electron chi connectivity index (χ4n) is 1.85. The number of aryl methyl sites for hydroxylation is 1. The van der Waals surface area contributed by atoms with E-state index in [9.17, 15) is 0 Å². The molecule has 0 saturated heterocycles. The van der Waals surface area contributed by atoms with E-state index in [0.717, 1.165) is 15.8 Å². The van der Waals surface area contributed by atoms with Gasteiger partial charge in [-0.3, -0.25) is 5.43 Å². The minimum Gasteiger partial charge on any atom is -0.438 e. The number of nitrogens with one attached hydrogen (secondary N) is 1. The van der Waals surface area contributed by atoms with E-state index in [1.807, 2.05) is 24.4 Å². The van der Waals surface area contributed by atoms with Crippen molar-refractivity contribution in [2.24, 2.45) is 5.84 Å². The van der Waals surface area contributed by atoms with E-state index in [4.69, 9.17) is 15.8 Å². The quantitative estimate of drug-likeness (QED) is 0.570. The van der Waals surface area contributed by atoms with Crippen molar-refractivity contribution in [2.75, 3.05) is 5.43 Å². The van der Waals surface area contributed by atoms with Crippen LogP contribution >= 0.6 is 11.3 Å². The number of hydrazine groups is 1. The maximum atomic E-state index is 8.98. The molecular weight excluding hydrogens is 286 g/mol. The third-order valence-corrected chi connectivity index (χ3v) is 3.75. The molecule has 21 heavy (non-hydrogen) atoms. The first-order valence-electron chi connectivity index (χ1n) is 6.11. The summed E-state index contributed by atoms with van der Waals surface area (Å²) in [6.07, 6.45) is 0. The summed E-state index contributed by atoms with van der Waals surface area (Å²) in [7, 11) is 0. The largest absolute Gasteiger partial charge is 0.438 e. The molecule has 2 aromatic heterocycles. The lowest BCUT2D eigenvalue weighted by Crippen LogP contribution is -2.10. The van der Waals surface area contributed by atoms with Crippen molar-refractivity contribution in [3.63, 3.8) is 0 Å². The molecule has 6 nitrogen and oxygen atoms in total. The molecule has 1 aromatic carbocycles. The maximum absolute atomic E-state index is 8.98. The number of rotatable bonds is 3. The molecule has 7 heteroatoms. The molecule has 0 atom stereocenters. The average Bonchev–Trinajstić information content (AvgIpc) is 2.98. The second-order valence-electron chi connectivity index (χ2n) is 4.33. The van der Waals surface area contributed by atoms with Gasteiger partial charge in [0.05, 0.1) is 17.0 Å². The van der Waals surface area contributed by atoms with E-state index in [2.05, 4.69) is 21.5 Å². The summed E-state index contributed by atoms with van der Waals surface area (Å²) in [6, 6.07) is 9.25. The first-order chi connectivity index (χ1) is 10.2. The van der Waals surface area contributed by atoms with Crippen molar-refractivity contribution in [2.45, 2.75) is 6.92 Å². The van der Waals surface area contributed by atoms with Gasteiger partial charge in [-0.2, -0.15) is 10.2 Å². The van der Waals surface area contributed by atoms with Gasteiger partial charge in [0.2, 0.25) is 11.8 Å². The lowest BCUT2D eigenvalue weighted by Gasteiger charge is -2.10. The van der Waals surface area contributed by atoms with Crippen molar-refractivity contribution >= 4 is 27.5 Å². The van der Waals surface area contributed by atoms with Gasteiger partial charge in [-0.05, 0) is 36.1 Å². The first kappa shape index (κ1) is 13.3. The molecule has 0 aliphatic carbocycles. The molecule has 3 N–H and O–H groups in total. The summed E-state index contributed by atoms with van der Waals surface area (Å²) in [6.45, 7) is 1.91. The van der Waals surface area contributed by atoms with Gasteiger partial charge in [0, 0.05) is 0 Å². The molecule has 0 bridgehead atoms. The van der Waals surface area contributed by atoms with E-state index < -0.39 is 0 Å². The molecule has 2 heterocycles. The SMILES string of the molecule is Cc1ccc(C#N)cc1Oc1nc(NN)nc2sccc12. The highest BCUT2D eigenvalue weighted by atomic mass is 32.1. The topological polar surface area (TPSA) is 96.8 Å². The van der Waals surface area contributed by atoms with E-state index in [-0.39, 0.29) is 5.95 Å². The number of ether oxygens (including phenoxy) is 1. The fraction of sp³-hybridized carbons (Fsp3) is 0.0714. The van der Waals surface area contributed by atoms with Crippen LogP contribution in [0.15, 0.2) is 29.6 Å². The van der Waals surface area contributed by atoms with Crippen molar-refractivity contribution in [1.29, 1.82) is 5.26 Å². The molecule has 3 rings (SSSR count). The zero-order valence-electron chi connectivity index (χ0n) is 11.1. The van der Waals surface area contributed by atoms with Gasteiger partial charge < -0.3 is 4.74 Å².